The molecule has 0 fully saturated rings. The van der Waals surface area contributed by atoms with Crippen LogP contribution in [0, 0.1) is 0 Å². The van der Waals surface area contributed by atoms with Gasteiger partial charge in [0.25, 0.3) is 0 Å². The molecule has 12 heavy (non-hydrogen) atoms. The number of carbonyl (C=O) groups excluding carboxylic acids is 1. The van der Waals surface area contributed by atoms with Gasteiger partial charge in [0.1, 0.15) is 5.78 Å². The number of hydrogen-bond acceptors (Lipinski definition) is 1. The van der Waals surface area contributed by atoms with Crippen molar-refractivity contribution >= 4 is 5.78 Å². The fourth-order valence-electron chi connectivity index (χ4n) is 0.250. The molecule has 0 spiro atoms. The maximum absolute atomic E-state index is 10.2. The zero-order chi connectivity index (χ0) is 10.2. The Morgan fingerprint density at radius 2 is 1.50 bits per heavy atom. The molecule has 0 heterocycles. The van der Waals surface area contributed by atoms with Gasteiger partial charge in [-0.05, 0) is 6.58 Å². The van der Waals surface area contributed by atoms with E-state index in [1.165, 1.54) is 0 Å². The third-order valence-corrected chi connectivity index (χ3v) is 1.34. The highest BCUT2D eigenvalue weighted by Crippen LogP contribution is 1.85. The summed E-state index contributed by atoms with van der Waals surface area (Å²) in [6.45, 7) is 7.37. The Balaban J connectivity index is 0. The molecule has 0 aliphatic heterocycles. The number of Topliss-reactive ketones (excluding diaryl/α,β-unsaturated/α-hetero) is 1. The molecule has 0 unspecified atom stereocenters. The van der Waals surface area contributed by atoms with E-state index in [4.69, 9.17) is 0 Å². The Hall–Kier alpha value is -0.630. The molecule has 0 atom stereocenters. The summed E-state index contributed by atoms with van der Waals surface area (Å²) in [5.41, 5.74) is 0. The largest absolute Gasteiger partial charge is 0.305 e. The van der Waals surface area contributed by atoms with Crippen LogP contribution in [0.1, 0.15) is 26.7 Å². The first kappa shape index (κ1) is 13.9. The predicted octanol–water partition coefficient (Wildman–Crippen LogP) is 2.21. The van der Waals surface area contributed by atoms with Crippen LogP contribution in [0.25, 0.3) is 0 Å². The van der Waals surface area contributed by atoms with Crippen LogP contribution in [-0.2, 0) is 4.79 Å². The average Bonchev–Trinajstić information content (AvgIpc) is 2.03. The monoisotopic (exact) mass is 172 g/mol. The van der Waals surface area contributed by atoms with Crippen LogP contribution in [0.5, 0.6) is 0 Å². The topological polar surface area (TPSA) is 17.1 Å². The summed E-state index contributed by atoms with van der Waals surface area (Å²) < 4.78 is 0.833. The quantitative estimate of drug-likeness (QED) is 0.596. The van der Waals surface area contributed by atoms with E-state index in [1.807, 2.05) is 20.0 Å². The Labute approximate surface area is 76.5 Å². The van der Waals surface area contributed by atoms with Crippen LogP contribution in [0.4, 0.5) is 0 Å². The first-order chi connectivity index (χ1) is 5.37. The lowest BCUT2D eigenvalue weighted by Gasteiger charge is -2.15. The summed E-state index contributed by atoms with van der Waals surface area (Å²) in [6, 6.07) is 0. The first-order valence-corrected chi connectivity index (χ1v) is 4.33. The molecule has 72 valence electrons. The molecule has 0 bridgehead atoms. The SMILES string of the molecule is C=C[N+](C)(C)C.CCC(=O)CC. The van der Waals surface area contributed by atoms with Crippen molar-refractivity contribution in [1.29, 1.82) is 0 Å². The Morgan fingerprint density at radius 3 is 1.50 bits per heavy atom. The van der Waals surface area contributed by atoms with E-state index in [9.17, 15) is 4.79 Å². The van der Waals surface area contributed by atoms with Gasteiger partial charge < -0.3 is 4.48 Å². The second-order valence-electron chi connectivity index (χ2n) is 3.54. The highest BCUT2D eigenvalue weighted by molar-refractivity contribution is 5.77. The van der Waals surface area contributed by atoms with Crippen LogP contribution in [0.15, 0.2) is 12.8 Å². The van der Waals surface area contributed by atoms with Gasteiger partial charge in [-0.25, -0.2) is 0 Å². The van der Waals surface area contributed by atoms with E-state index in [-0.39, 0.29) is 0 Å². The van der Waals surface area contributed by atoms with Crippen molar-refractivity contribution in [2.45, 2.75) is 26.7 Å². The number of rotatable bonds is 3. The summed E-state index contributed by atoms with van der Waals surface area (Å²) in [5, 5.41) is 0. The smallest absolute Gasteiger partial charge is 0.132 e. The summed E-state index contributed by atoms with van der Waals surface area (Å²) >= 11 is 0. The van der Waals surface area contributed by atoms with E-state index >= 15 is 0 Å². The van der Waals surface area contributed by atoms with Gasteiger partial charge in [-0.3, -0.25) is 4.79 Å². The molecule has 0 saturated heterocycles. The van der Waals surface area contributed by atoms with Crippen molar-refractivity contribution in [2.75, 3.05) is 21.1 Å². The van der Waals surface area contributed by atoms with Crippen molar-refractivity contribution in [3.63, 3.8) is 0 Å². The third kappa shape index (κ3) is 16.2. The molecule has 0 N–H and O–H groups in total. The van der Waals surface area contributed by atoms with Crippen LogP contribution in [-0.4, -0.2) is 31.4 Å². The average molecular weight is 172 g/mol. The van der Waals surface area contributed by atoms with Gasteiger partial charge >= 0.3 is 0 Å². The Bertz CT molecular complexity index is 127. The molecule has 0 aromatic rings. The number of hydrogen-bond donors (Lipinski definition) is 0. The molecule has 0 aromatic heterocycles. The van der Waals surface area contributed by atoms with Crippen molar-refractivity contribution in [1.82, 2.24) is 0 Å². The highest BCUT2D eigenvalue weighted by Gasteiger charge is 1.94. The van der Waals surface area contributed by atoms with Crippen LogP contribution in [0.3, 0.4) is 0 Å². The first-order valence-electron chi connectivity index (χ1n) is 4.33. The fourth-order valence-corrected chi connectivity index (χ4v) is 0.250. The molecule has 0 rings (SSSR count). The molecule has 0 aliphatic rings. The van der Waals surface area contributed by atoms with E-state index < -0.39 is 0 Å². The van der Waals surface area contributed by atoms with Crippen molar-refractivity contribution in [2.24, 2.45) is 0 Å². The fraction of sp³-hybridized carbons (Fsp3) is 0.700. The van der Waals surface area contributed by atoms with E-state index in [0.717, 1.165) is 4.48 Å². The van der Waals surface area contributed by atoms with Gasteiger partial charge in [-0.15, -0.1) is 0 Å². The zero-order valence-electron chi connectivity index (χ0n) is 9.05. The maximum Gasteiger partial charge on any atom is 0.132 e. The Kier molecular flexibility index (Phi) is 8.17. The van der Waals surface area contributed by atoms with Gasteiger partial charge in [-0.2, -0.15) is 0 Å². The summed E-state index contributed by atoms with van der Waals surface area (Å²) in [4.78, 5) is 10.2. The normalized spacial score (nSPS) is 9.75. The number of carbonyl (C=O) groups is 1. The lowest BCUT2D eigenvalue weighted by molar-refractivity contribution is -0.816. The van der Waals surface area contributed by atoms with Crippen molar-refractivity contribution in [3.8, 4) is 0 Å². The third-order valence-electron chi connectivity index (χ3n) is 1.34. The van der Waals surface area contributed by atoms with Gasteiger partial charge in [0.15, 0.2) is 0 Å². The standard InChI is InChI=1S/C5H12N.C5H10O/c1-5-6(2,3)4;1-3-5(6)4-2/h5H,1H2,2-4H3;3-4H2,1-2H3/q+1;. The lowest BCUT2D eigenvalue weighted by atomic mass is 10.3. The molecule has 0 aliphatic carbocycles. The molecule has 0 amide bonds. The number of ketones is 1. The van der Waals surface area contributed by atoms with Gasteiger partial charge in [0, 0.05) is 12.8 Å². The Morgan fingerprint density at radius 1 is 1.25 bits per heavy atom. The molecular weight excluding hydrogens is 150 g/mol. The second kappa shape index (κ2) is 7.04. The summed E-state index contributed by atoms with van der Waals surface area (Å²) in [5.74, 6) is 0.343. The minimum Gasteiger partial charge on any atom is -0.305 e. The van der Waals surface area contributed by atoms with Gasteiger partial charge in [0.2, 0.25) is 0 Å². The van der Waals surface area contributed by atoms with Crippen molar-refractivity contribution < 1.29 is 9.28 Å². The molecule has 2 heteroatoms. The van der Waals surface area contributed by atoms with Crippen LogP contribution in [0.2, 0.25) is 0 Å². The highest BCUT2D eigenvalue weighted by atomic mass is 16.1. The predicted molar refractivity (Wildman–Crippen MR) is 53.8 cm³/mol. The van der Waals surface area contributed by atoms with Gasteiger partial charge in [0.05, 0.1) is 27.3 Å². The van der Waals surface area contributed by atoms with E-state index in [0.29, 0.717) is 18.6 Å². The van der Waals surface area contributed by atoms with E-state index in [2.05, 4.69) is 27.7 Å². The van der Waals surface area contributed by atoms with Crippen molar-refractivity contribution in [3.05, 3.63) is 12.8 Å². The second-order valence-corrected chi connectivity index (χ2v) is 3.54. The number of quaternary nitrogens is 1. The van der Waals surface area contributed by atoms with Crippen LogP contribution >= 0.6 is 0 Å². The maximum atomic E-state index is 10.2. The minimum absolute atomic E-state index is 0.343. The van der Waals surface area contributed by atoms with Crippen LogP contribution < -0.4 is 0 Å². The number of nitrogens with zero attached hydrogens (tertiary/aromatic N) is 1. The summed E-state index contributed by atoms with van der Waals surface area (Å²) in [6.07, 6.45) is 3.26. The molecule has 0 saturated carbocycles. The molecular formula is C10H22NO+. The minimum atomic E-state index is 0.343. The summed E-state index contributed by atoms with van der Waals surface area (Å²) in [7, 11) is 6.19. The molecule has 2 nitrogen and oxygen atoms in total. The zero-order valence-corrected chi connectivity index (χ0v) is 9.05. The van der Waals surface area contributed by atoms with E-state index in [1.54, 1.807) is 0 Å². The lowest BCUT2D eigenvalue weighted by Crippen LogP contribution is -2.25. The molecule has 0 aromatic carbocycles. The van der Waals surface area contributed by atoms with Gasteiger partial charge in [-0.1, -0.05) is 13.8 Å². The molecule has 0 radical (unpaired) electrons.